The van der Waals surface area contributed by atoms with Crippen molar-refractivity contribution in [2.75, 3.05) is 5.32 Å². The van der Waals surface area contributed by atoms with Crippen LogP contribution in [-0.4, -0.2) is 25.8 Å². The number of fused-ring (bicyclic) bond motifs is 1. The monoisotopic (exact) mass is 390 g/mol. The summed E-state index contributed by atoms with van der Waals surface area (Å²) in [6.07, 6.45) is 4.30. The predicted molar refractivity (Wildman–Crippen MR) is 109 cm³/mol. The zero-order valence-corrected chi connectivity index (χ0v) is 14.5. The van der Waals surface area contributed by atoms with Crippen molar-refractivity contribution >= 4 is 40.0 Å². The lowest BCUT2D eigenvalue weighted by molar-refractivity contribution is 0.100. The molecule has 1 amide bonds. The van der Waals surface area contributed by atoms with Crippen LogP contribution in [-0.2, 0) is 0 Å². The average molecular weight is 391 g/mol. The molecule has 0 aliphatic heterocycles. The SMILES string of the molecule is NC(=O)c1ccc(Nc2nc(-c3c[nH]c4ncc(Cl)cc34)ncc2F)cc1.[HH].[HH].[HH].[HH]. The largest absolute Gasteiger partial charge is 0.366 e. The molecule has 4 rings (SSSR count). The highest BCUT2D eigenvalue weighted by Gasteiger charge is 2.14. The minimum absolute atomic E-state index is 0. The number of rotatable bonds is 4. The number of hydrogen-bond donors (Lipinski definition) is 3. The summed E-state index contributed by atoms with van der Waals surface area (Å²) in [6.45, 7) is 0. The zero-order chi connectivity index (χ0) is 19.0. The number of pyridine rings is 1. The summed E-state index contributed by atoms with van der Waals surface area (Å²) in [5.74, 6) is -0.850. The molecule has 3 aromatic heterocycles. The fourth-order valence-electron chi connectivity index (χ4n) is 2.60. The van der Waals surface area contributed by atoms with Gasteiger partial charge in [-0.05, 0) is 30.3 Å². The minimum Gasteiger partial charge on any atom is -0.366 e. The van der Waals surface area contributed by atoms with Gasteiger partial charge in [0.15, 0.2) is 17.5 Å². The summed E-state index contributed by atoms with van der Waals surface area (Å²) in [5, 5.41) is 4.07. The minimum atomic E-state index is -0.617. The molecular formula is C18H20ClFN6O. The number of amides is 1. The third-order valence-corrected chi connectivity index (χ3v) is 4.12. The summed E-state index contributed by atoms with van der Waals surface area (Å²) < 4.78 is 14.2. The number of H-pyrrole nitrogens is 1. The standard InChI is InChI=1S/C18H12ClFN6O.4H2/c19-10-5-12-13(7-23-16(12)22-6-10)17-24-8-14(20)18(26-17)25-11-3-1-9(2-4-11)15(21)27;;;;/h1-8H,(H2,21,27)(H,22,23)(H,24,25,26);4*1H. The summed E-state index contributed by atoms with van der Waals surface area (Å²) in [5.41, 5.74) is 7.39. The first-order chi connectivity index (χ1) is 13.0. The van der Waals surface area contributed by atoms with Gasteiger partial charge in [0.05, 0.1) is 11.2 Å². The van der Waals surface area contributed by atoms with Crippen molar-refractivity contribution in [3.8, 4) is 11.4 Å². The normalized spacial score (nSPS) is 10.9. The van der Waals surface area contributed by atoms with Crippen LogP contribution in [0.25, 0.3) is 22.4 Å². The Balaban J connectivity index is 0.00000225. The summed E-state index contributed by atoms with van der Waals surface area (Å²) in [4.78, 5) is 26.7. The van der Waals surface area contributed by atoms with Crippen molar-refractivity contribution in [3.63, 3.8) is 0 Å². The van der Waals surface area contributed by atoms with E-state index in [1.54, 1.807) is 24.4 Å². The molecule has 1 aromatic carbocycles. The average Bonchev–Trinajstić information content (AvgIpc) is 3.07. The number of carbonyl (C=O) groups excluding carboxylic acids is 1. The van der Waals surface area contributed by atoms with Gasteiger partial charge in [0.25, 0.3) is 0 Å². The second kappa shape index (κ2) is 6.65. The number of hydrogen-bond acceptors (Lipinski definition) is 5. The quantitative estimate of drug-likeness (QED) is 0.470. The summed E-state index contributed by atoms with van der Waals surface area (Å²) in [6, 6.07) is 8.03. The van der Waals surface area contributed by atoms with Gasteiger partial charge >= 0.3 is 0 Å². The topological polar surface area (TPSA) is 110 Å². The second-order valence-electron chi connectivity index (χ2n) is 5.71. The molecule has 0 atom stereocenters. The van der Waals surface area contributed by atoms with Crippen molar-refractivity contribution in [1.29, 1.82) is 0 Å². The van der Waals surface area contributed by atoms with Crippen molar-refractivity contribution in [3.05, 3.63) is 65.3 Å². The molecule has 3 heterocycles. The number of aromatic nitrogens is 4. The lowest BCUT2D eigenvalue weighted by Gasteiger charge is -2.08. The van der Waals surface area contributed by atoms with Gasteiger partial charge in [0.2, 0.25) is 5.91 Å². The Labute approximate surface area is 163 Å². The number of carbonyl (C=O) groups is 1. The number of nitrogens with zero attached hydrogens (tertiary/aromatic N) is 3. The fourth-order valence-corrected chi connectivity index (χ4v) is 2.76. The number of halogens is 2. The Morgan fingerprint density at radius 2 is 2.00 bits per heavy atom. The molecule has 0 fully saturated rings. The molecule has 0 bridgehead atoms. The van der Waals surface area contributed by atoms with Crippen molar-refractivity contribution < 1.29 is 14.9 Å². The molecule has 0 unspecified atom stereocenters. The maximum atomic E-state index is 14.2. The Hall–Kier alpha value is -3.52. The van der Waals surface area contributed by atoms with Crippen LogP contribution in [0, 0.1) is 5.82 Å². The van der Waals surface area contributed by atoms with Crippen LogP contribution in [0.4, 0.5) is 15.9 Å². The van der Waals surface area contributed by atoms with E-state index in [1.165, 1.54) is 18.3 Å². The van der Waals surface area contributed by atoms with E-state index in [2.05, 4.69) is 25.3 Å². The lowest BCUT2D eigenvalue weighted by Crippen LogP contribution is -2.10. The molecule has 0 saturated carbocycles. The van der Waals surface area contributed by atoms with Gasteiger partial charge < -0.3 is 16.0 Å². The van der Waals surface area contributed by atoms with E-state index >= 15 is 0 Å². The first-order valence-electron chi connectivity index (χ1n) is 7.84. The Morgan fingerprint density at radius 1 is 1.22 bits per heavy atom. The van der Waals surface area contributed by atoms with Crippen LogP contribution >= 0.6 is 11.6 Å². The first-order valence-corrected chi connectivity index (χ1v) is 8.21. The Bertz CT molecular complexity index is 1180. The molecule has 4 N–H and O–H groups in total. The predicted octanol–water partition coefficient (Wildman–Crippen LogP) is 4.64. The van der Waals surface area contributed by atoms with Gasteiger partial charge in [0.1, 0.15) is 5.65 Å². The molecule has 0 spiro atoms. The lowest BCUT2D eigenvalue weighted by atomic mass is 10.2. The molecular weight excluding hydrogens is 371 g/mol. The molecule has 27 heavy (non-hydrogen) atoms. The molecule has 7 nitrogen and oxygen atoms in total. The molecule has 0 saturated heterocycles. The smallest absolute Gasteiger partial charge is 0.248 e. The van der Waals surface area contributed by atoms with Gasteiger partial charge in [-0.2, -0.15) is 0 Å². The van der Waals surface area contributed by atoms with Crippen LogP contribution in [0.3, 0.4) is 0 Å². The molecule has 9 heteroatoms. The fraction of sp³-hybridized carbons (Fsp3) is 0. The maximum Gasteiger partial charge on any atom is 0.248 e. The van der Waals surface area contributed by atoms with Crippen molar-refractivity contribution in [2.45, 2.75) is 0 Å². The van der Waals surface area contributed by atoms with Gasteiger partial charge in [-0.1, -0.05) is 11.6 Å². The number of primary amides is 1. The highest BCUT2D eigenvalue weighted by Crippen LogP contribution is 2.28. The maximum absolute atomic E-state index is 14.2. The van der Waals surface area contributed by atoms with Gasteiger partial charge in [-0.3, -0.25) is 4.79 Å². The first kappa shape index (κ1) is 16.9. The van der Waals surface area contributed by atoms with Crippen LogP contribution in [0.1, 0.15) is 16.1 Å². The summed E-state index contributed by atoms with van der Waals surface area (Å²) in [7, 11) is 0. The van der Waals surface area contributed by atoms with E-state index in [-0.39, 0.29) is 11.5 Å². The highest BCUT2D eigenvalue weighted by atomic mass is 35.5. The number of nitrogens with two attached hydrogens (primary N) is 1. The summed E-state index contributed by atoms with van der Waals surface area (Å²) >= 11 is 6.01. The zero-order valence-electron chi connectivity index (χ0n) is 13.7. The Morgan fingerprint density at radius 3 is 2.74 bits per heavy atom. The molecule has 142 valence electrons. The molecule has 4 aromatic rings. The number of anilines is 2. The van der Waals surface area contributed by atoms with E-state index in [1.807, 2.05) is 0 Å². The highest BCUT2D eigenvalue weighted by molar-refractivity contribution is 6.31. The van der Waals surface area contributed by atoms with Gasteiger partial charge in [-0.15, -0.1) is 0 Å². The van der Waals surface area contributed by atoms with E-state index in [0.717, 1.165) is 11.6 Å². The van der Waals surface area contributed by atoms with Crippen LogP contribution < -0.4 is 11.1 Å². The molecule has 0 aliphatic carbocycles. The number of benzene rings is 1. The van der Waals surface area contributed by atoms with Crippen molar-refractivity contribution in [2.24, 2.45) is 5.73 Å². The molecule has 0 aliphatic rings. The van der Waals surface area contributed by atoms with Crippen LogP contribution in [0.2, 0.25) is 5.02 Å². The number of nitrogens with one attached hydrogen (secondary N) is 2. The third-order valence-electron chi connectivity index (χ3n) is 3.91. The third kappa shape index (κ3) is 3.30. The van der Waals surface area contributed by atoms with Gasteiger partial charge in [-0.25, -0.2) is 19.3 Å². The number of aromatic amines is 1. The Kier molecular flexibility index (Phi) is 4.17. The second-order valence-corrected chi connectivity index (χ2v) is 6.15. The van der Waals surface area contributed by atoms with E-state index < -0.39 is 11.7 Å². The van der Waals surface area contributed by atoms with Crippen LogP contribution in [0.5, 0.6) is 0 Å². The van der Waals surface area contributed by atoms with Gasteiger partial charge in [0, 0.05) is 40.3 Å². The van der Waals surface area contributed by atoms with Crippen molar-refractivity contribution in [1.82, 2.24) is 19.9 Å². The molecule has 0 radical (unpaired) electrons. The van der Waals surface area contributed by atoms with E-state index in [0.29, 0.717) is 33.3 Å². The van der Waals surface area contributed by atoms with Crippen LogP contribution in [0.15, 0.2) is 48.9 Å². The van der Waals surface area contributed by atoms with E-state index in [4.69, 9.17) is 17.3 Å². The van der Waals surface area contributed by atoms with E-state index in [9.17, 15) is 9.18 Å².